The molecule has 0 saturated carbocycles. The molecular formula is C16H17F9O2. The standard InChI is InChI=1S/C16H17F9O2/c1-12(2,3)27-10-6-4-9(5-7-10)11(26)8-13(17,18)14(19,20)15(21,22)16(23,24)25/h4-7,11,26H,8H2,1-3H3. The van der Waals surface area contributed by atoms with E-state index >= 15 is 0 Å². The minimum atomic E-state index is -6.98. The summed E-state index contributed by atoms with van der Waals surface area (Å²) in [5.74, 6) is -19.3. The molecule has 156 valence electrons. The summed E-state index contributed by atoms with van der Waals surface area (Å²) in [4.78, 5) is 0. The molecule has 1 aromatic carbocycles. The lowest BCUT2D eigenvalue weighted by molar-refractivity contribution is -0.398. The van der Waals surface area contributed by atoms with Crippen molar-refractivity contribution < 1.29 is 49.4 Å². The second-order valence-corrected chi connectivity index (χ2v) is 6.85. The van der Waals surface area contributed by atoms with Gasteiger partial charge < -0.3 is 9.84 Å². The van der Waals surface area contributed by atoms with Crippen LogP contribution in [0.5, 0.6) is 5.75 Å². The summed E-state index contributed by atoms with van der Waals surface area (Å²) in [7, 11) is 0. The van der Waals surface area contributed by atoms with Gasteiger partial charge in [0.15, 0.2) is 0 Å². The molecule has 0 aliphatic heterocycles. The second-order valence-electron chi connectivity index (χ2n) is 6.85. The van der Waals surface area contributed by atoms with E-state index in [4.69, 9.17) is 4.74 Å². The van der Waals surface area contributed by atoms with Crippen LogP contribution < -0.4 is 4.74 Å². The molecule has 11 heteroatoms. The van der Waals surface area contributed by atoms with Crippen molar-refractivity contribution in [1.82, 2.24) is 0 Å². The first-order chi connectivity index (χ1) is 11.8. The lowest BCUT2D eigenvalue weighted by Crippen LogP contribution is -2.61. The Bertz CT molecular complexity index is 631. The molecule has 27 heavy (non-hydrogen) atoms. The van der Waals surface area contributed by atoms with Crippen LogP contribution in [0, 0.1) is 0 Å². The van der Waals surface area contributed by atoms with Gasteiger partial charge in [0.2, 0.25) is 0 Å². The molecule has 1 unspecified atom stereocenters. The zero-order chi connectivity index (χ0) is 21.5. The number of hydrogen-bond acceptors (Lipinski definition) is 2. The van der Waals surface area contributed by atoms with Crippen LogP contribution in [0.1, 0.15) is 38.9 Å². The van der Waals surface area contributed by atoms with Crippen molar-refractivity contribution in [2.75, 3.05) is 0 Å². The van der Waals surface area contributed by atoms with Crippen molar-refractivity contribution in [3.05, 3.63) is 29.8 Å². The summed E-state index contributed by atoms with van der Waals surface area (Å²) in [5, 5.41) is 9.63. The van der Waals surface area contributed by atoms with E-state index in [9.17, 15) is 44.6 Å². The molecule has 1 N–H and O–H groups in total. The molecule has 0 fully saturated rings. The molecule has 0 aliphatic carbocycles. The van der Waals surface area contributed by atoms with Gasteiger partial charge in [-0.3, -0.25) is 0 Å². The molecule has 0 saturated heterocycles. The van der Waals surface area contributed by atoms with Crippen LogP contribution in [0.15, 0.2) is 24.3 Å². The van der Waals surface area contributed by atoms with Gasteiger partial charge in [0, 0.05) is 6.42 Å². The van der Waals surface area contributed by atoms with E-state index in [1.165, 1.54) is 12.1 Å². The predicted molar refractivity (Wildman–Crippen MR) is 77.3 cm³/mol. The van der Waals surface area contributed by atoms with Crippen molar-refractivity contribution in [2.24, 2.45) is 0 Å². The van der Waals surface area contributed by atoms with Crippen LogP contribution in [0.2, 0.25) is 0 Å². The van der Waals surface area contributed by atoms with Gasteiger partial charge in [-0.2, -0.15) is 39.5 Å². The molecule has 0 heterocycles. The molecule has 2 nitrogen and oxygen atoms in total. The number of hydrogen-bond donors (Lipinski definition) is 1. The normalized spacial score (nSPS) is 15.6. The average molecular weight is 412 g/mol. The summed E-state index contributed by atoms with van der Waals surface area (Å²) in [6, 6.07) is 4.40. The van der Waals surface area contributed by atoms with Crippen molar-refractivity contribution in [3.8, 4) is 5.75 Å². The molecule has 0 amide bonds. The third-order valence-corrected chi connectivity index (χ3v) is 3.35. The van der Waals surface area contributed by atoms with E-state index in [0.29, 0.717) is 0 Å². The number of aliphatic hydroxyl groups is 1. The molecule has 0 bridgehead atoms. The molecule has 1 aromatic rings. The Kier molecular flexibility index (Phi) is 6.12. The van der Waals surface area contributed by atoms with Crippen molar-refractivity contribution in [2.45, 2.75) is 62.8 Å². The van der Waals surface area contributed by atoms with E-state index in [-0.39, 0.29) is 11.3 Å². The molecule has 0 aromatic heterocycles. The lowest BCUT2D eigenvalue weighted by atomic mass is 9.95. The minimum absolute atomic E-state index is 0.235. The zero-order valence-corrected chi connectivity index (χ0v) is 14.4. The molecule has 1 atom stereocenters. The minimum Gasteiger partial charge on any atom is -0.488 e. The second kappa shape index (κ2) is 7.06. The quantitative estimate of drug-likeness (QED) is 0.603. The van der Waals surface area contributed by atoms with E-state index in [1.807, 2.05) is 0 Å². The molecule has 0 radical (unpaired) electrons. The maximum atomic E-state index is 13.6. The number of ether oxygens (including phenoxy) is 1. The zero-order valence-electron chi connectivity index (χ0n) is 14.4. The first-order valence-corrected chi connectivity index (χ1v) is 7.49. The van der Waals surface area contributed by atoms with Gasteiger partial charge in [0.25, 0.3) is 0 Å². The Morgan fingerprint density at radius 1 is 0.815 bits per heavy atom. The van der Waals surface area contributed by atoms with E-state index < -0.39 is 42.1 Å². The summed E-state index contributed by atoms with van der Waals surface area (Å²) < 4.78 is 121. The monoisotopic (exact) mass is 412 g/mol. The van der Waals surface area contributed by atoms with Crippen molar-refractivity contribution in [1.29, 1.82) is 0 Å². The Balaban J connectivity index is 3.01. The average Bonchev–Trinajstić information content (AvgIpc) is 2.44. The molecule has 0 spiro atoms. The maximum Gasteiger partial charge on any atom is 0.460 e. The van der Waals surface area contributed by atoms with Crippen molar-refractivity contribution >= 4 is 0 Å². The van der Waals surface area contributed by atoms with E-state index in [1.54, 1.807) is 20.8 Å². The summed E-state index contributed by atoms with van der Waals surface area (Å²) in [5.41, 5.74) is -1.01. The topological polar surface area (TPSA) is 29.5 Å². The number of aliphatic hydroxyl groups excluding tert-OH is 1. The van der Waals surface area contributed by atoms with E-state index in [0.717, 1.165) is 12.1 Å². The van der Waals surface area contributed by atoms with Gasteiger partial charge in [-0.05, 0) is 38.5 Å². The van der Waals surface area contributed by atoms with Gasteiger partial charge in [0.1, 0.15) is 11.4 Å². The number of alkyl halides is 9. The number of rotatable bonds is 6. The first kappa shape index (κ1) is 23.4. The fraction of sp³-hybridized carbons (Fsp3) is 0.625. The smallest absolute Gasteiger partial charge is 0.460 e. The fourth-order valence-corrected chi connectivity index (χ4v) is 2.01. The highest BCUT2D eigenvalue weighted by atomic mass is 19.4. The Morgan fingerprint density at radius 2 is 1.26 bits per heavy atom. The highest BCUT2D eigenvalue weighted by Crippen LogP contribution is 2.55. The Morgan fingerprint density at radius 3 is 1.63 bits per heavy atom. The van der Waals surface area contributed by atoms with Crippen LogP contribution >= 0.6 is 0 Å². The summed E-state index contributed by atoms with van der Waals surface area (Å²) in [6.07, 6.45) is -11.7. The van der Waals surface area contributed by atoms with Crippen LogP contribution in [0.3, 0.4) is 0 Å². The van der Waals surface area contributed by atoms with Gasteiger partial charge in [-0.25, -0.2) is 0 Å². The van der Waals surface area contributed by atoms with Gasteiger partial charge >= 0.3 is 23.9 Å². The summed E-state index contributed by atoms with van der Waals surface area (Å²) >= 11 is 0. The highest BCUT2D eigenvalue weighted by molar-refractivity contribution is 5.29. The number of halogens is 9. The van der Waals surface area contributed by atoms with Crippen LogP contribution in [-0.4, -0.2) is 34.7 Å². The molecule has 0 aliphatic rings. The Hall–Kier alpha value is -1.65. The van der Waals surface area contributed by atoms with Gasteiger partial charge in [-0.1, -0.05) is 12.1 Å². The maximum absolute atomic E-state index is 13.6. The first-order valence-electron chi connectivity index (χ1n) is 7.49. The van der Waals surface area contributed by atoms with Crippen LogP contribution in [0.25, 0.3) is 0 Å². The Labute approximate surface area is 148 Å². The third-order valence-electron chi connectivity index (χ3n) is 3.35. The van der Waals surface area contributed by atoms with Crippen molar-refractivity contribution in [3.63, 3.8) is 0 Å². The van der Waals surface area contributed by atoms with Crippen LogP contribution in [0.4, 0.5) is 39.5 Å². The van der Waals surface area contributed by atoms with Crippen LogP contribution in [-0.2, 0) is 0 Å². The summed E-state index contributed by atoms with van der Waals surface area (Å²) in [6.45, 7) is 5.08. The van der Waals surface area contributed by atoms with Gasteiger partial charge in [0.05, 0.1) is 6.10 Å². The van der Waals surface area contributed by atoms with Gasteiger partial charge in [-0.15, -0.1) is 0 Å². The largest absolute Gasteiger partial charge is 0.488 e. The number of benzene rings is 1. The third kappa shape index (κ3) is 4.99. The molecular weight excluding hydrogens is 395 g/mol. The predicted octanol–water partition coefficient (Wildman–Crippen LogP) is 5.76. The lowest BCUT2D eigenvalue weighted by Gasteiger charge is -2.34. The molecule has 1 rings (SSSR count). The SMILES string of the molecule is CC(C)(C)Oc1ccc(C(O)CC(F)(F)C(F)(F)C(F)(F)C(F)(F)F)cc1. The van der Waals surface area contributed by atoms with E-state index in [2.05, 4.69) is 0 Å². The highest BCUT2D eigenvalue weighted by Gasteiger charge is 2.81. The fourth-order valence-electron chi connectivity index (χ4n) is 2.01.